The predicted molar refractivity (Wildman–Crippen MR) is 81.6 cm³/mol. The van der Waals surface area contributed by atoms with E-state index >= 15 is 0 Å². The Hall–Kier alpha value is -1.50. The number of carboxylic acids is 1. The minimum absolute atomic E-state index is 0.0206. The van der Waals surface area contributed by atoms with Crippen molar-refractivity contribution in [2.45, 2.75) is 20.4 Å². The largest absolute Gasteiger partial charge is 0.475 e. The van der Waals surface area contributed by atoms with Gasteiger partial charge < -0.3 is 14.8 Å². The maximum Gasteiger partial charge on any atom is 0.371 e. The van der Waals surface area contributed by atoms with Crippen LogP contribution in [0.5, 0.6) is 0 Å². The van der Waals surface area contributed by atoms with Crippen LogP contribution in [0.1, 0.15) is 27.4 Å². The van der Waals surface area contributed by atoms with Gasteiger partial charge in [-0.15, -0.1) is 0 Å². The summed E-state index contributed by atoms with van der Waals surface area (Å²) in [5.41, 5.74) is 3.10. The molecule has 0 saturated carbocycles. The van der Waals surface area contributed by atoms with Crippen molar-refractivity contribution in [2.24, 2.45) is 0 Å². The highest BCUT2D eigenvalue weighted by Crippen LogP contribution is 2.20. The molecule has 1 heterocycles. The van der Waals surface area contributed by atoms with Crippen molar-refractivity contribution in [1.29, 1.82) is 0 Å². The Morgan fingerprint density at radius 1 is 1.37 bits per heavy atom. The third-order valence-electron chi connectivity index (χ3n) is 2.89. The highest BCUT2D eigenvalue weighted by molar-refractivity contribution is 14.1. The molecule has 0 radical (unpaired) electrons. The van der Waals surface area contributed by atoms with Crippen LogP contribution in [0, 0.1) is 17.4 Å². The number of hydrogen-bond acceptors (Lipinski definition) is 3. The maximum atomic E-state index is 10.8. The van der Waals surface area contributed by atoms with E-state index in [1.807, 2.05) is 6.07 Å². The van der Waals surface area contributed by atoms with Crippen molar-refractivity contribution in [2.75, 3.05) is 5.32 Å². The standard InChI is InChI=1S/C14H14INO3/c1-8-3-4-11(6-12(8)15)16-7-10-5-13(14(17)18)19-9(10)2/h3-6,16H,7H2,1-2H3,(H,17,18). The molecule has 0 aliphatic carbocycles. The number of halogens is 1. The molecule has 4 nitrogen and oxygen atoms in total. The van der Waals surface area contributed by atoms with Gasteiger partial charge in [-0.2, -0.15) is 0 Å². The van der Waals surface area contributed by atoms with Gasteiger partial charge in [0.2, 0.25) is 5.76 Å². The van der Waals surface area contributed by atoms with Crippen LogP contribution in [0.4, 0.5) is 5.69 Å². The number of hydrogen-bond donors (Lipinski definition) is 2. The van der Waals surface area contributed by atoms with Crippen LogP contribution in [0.3, 0.4) is 0 Å². The molecule has 0 spiro atoms. The molecule has 0 atom stereocenters. The van der Waals surface area contributed by atoms with E-state index in [4.69, 9.17) is 9.52 Å². The first kappa shape index (κ1) is 13.9. The quantitative estimate of drug-likeness (QED) is 0.803. The Morgan fingerprint density at radius 2 is 2.11 bits per heavy atom. The molecule has 5 heteroatoms. The van der Waals surface area contributed by atoms with Crippen molar-refractivity contribution in [1.82, 2.24) is 0 Å². The monoisotopic (exact) mass is 371 g/mol. The fourth-order valence-corrected chi connectivity index (χ4v) is 2.22. The van der Waals surface area contributed by atoms with E-state index in [0.29, 0.717) is 12.3 Å². The molecule has 2 N–H and O–H groups in total. The normalized spacial score (nSPS) is 10.5. The van der Waals surface area contributed by atoms with Crippen molar-refractivity contribution in [3.8, 4) is 0 Å². The van der Waals surface area contributed by atoms with Gasteiger partial charge in [-0.3, -0.25) is 0 Å². The molecule has 1 aromatic heterocycles. The molecular formula is C14H14INO3. The number of aryl methyl sites for hydroxylation is 2. The van der Waals surface area contributed by atoms with E-state index in [9.17, 15) is 4.79 Å². The summed E-state index contributed by atoms with van der Waals surface area (Å²) in [6.07, 6.45) is 0. The molecule has 0 unspecified atom stereocenters. The van der Waals surface area contributed by atoms with Crippen molar-refractivity contribution < 1.29 is 14.3 Å². The Kier molecular flexibility index (Phi) is 4.14. The summed E-state index contributed by atoms with van der Waals surface area (Å²) in [7, 11) is 0. The molecule has 0 aliphatic rings. The van der Waals surface area contributed by atoms with Crippen molar-refractivity contribution >= 4 is 34.2 Å². The summed E-state index contributed by atoms with van der Waals surface area (Å²) in [4.78, 5) is 10.8. The molecule has 0 aliphatic heterocycles. The number of aromatic carboxylic acids is 1. The van der Waals surface area contributed by atoms with E-state index < -0.39 is 5.97 Å². The SMILES string of the molecule is Cc1ccc(NCc2cc(C(=O)O)oc2C)cc1I. The summed E-state index contributed by atoms with van der Waals surface area (Å²) in [6, 6.07) is 7.67. The van der Waals surface area contributed by atoms with Gasteiger partial charge >= 0.3 is 5.97 Å². The van der Waals surface area contributed by atoms with E-state index in [0.717, 1.165) is 11.3 Å². The van der Waals surface area contributed by atoms with Crippen LogP contribution in [0.15, 0.2) is 28.7 Å². The summed E-state index contributed by atoms with van der Waals surface area (Å²) < 4.78 is 6.36. The Morgan fingerprint density at radius 3 is 2.68 bits per heavy atom. The Labute approximate surface area is 125 Å². The molecule has 0 bridgehead atoms. The second-order valence-corrected chi connectivity index (χ2v) is 5.48. The van der Waals surface area contributed by atoms with Gasteiger partial charge in [-0.25, -0.2) is 4.79 Å². The van der Waals surface area contributed by atoms with Gasteiger partial charge in [0.1, 0.15) is 5.76 Å². The van der Waals surface area contributed by atoms with Crippen LogP contribution in [-0.2, 0) is 6.54 Å². The minimum Gasteiger partial charge on any atom is -0.475 e. The summed E-state index contributed by atoms with van der Waals surface area (Å²) in [6.45, 7) is 4.37. The molecular weight excluding hydrogens is 357 g/mol. The van der Waals surface area contributed by atoms with Crippen LogP contribution >= 0.6 is 22.6 Å². The molecule has 0 fully saturated rings. The molecule has 2 aromatic rings. The highest BCUT2D eigenvalue weighted by Gasteiger charge is 2.12. The van der Waals surface area contributed by atoms with Crippen LogP contribution in [0.2, 0.25) is 0 Å². The zero-order valence-corrected chi connectivity index (χ0v) is 12.8. The van der Waals surface area contributed by atoms with Gasteiger partial charge in [-0.1, -0.05) is 6.07 Å². The first-order valence-electron chi connectivity index (χ1n) is 5.80. The van der Waals surface area contributed by atoms with E-state index in [1.165, 1.54) is 9.13 Å². The third-order valence-corrected chi connectivity index (χ3v) is 4.05. The average Bonchev–Trinajstić information content (AvgIpc) is 2.73. The second kappa shape index (κ2) is 5.64. The second-order valence-electron chi connectivity index (χ2n) is 4.31. The molecule has 19 heavy (non-hydrogen) atoms. The Bertz CT molecular complexity index is 619. The lowest BCUT2D eigenvalue weighted by molar-refractivity contribution is 0.0661. The van der Waals surface area contributed by atoms with Gasteiger partial charge in [-0.05, 0) is 60.2 Å². The lowest BCUT2D eigenvalue weighted by Crippen LogP contribution is -2.00. The lowest BCUT2D eigenvalue weighted by Gasteiger charge is -2.07. The van der Waals surface area contributed by atoms with Crippen molar-refractivity contribution in [3.63, 3.8) is 0 Å². The number of anilines is 1. The Balaban J connectivity index is 2.09. The first-order chi connectivity index (χ1) is 8.97. The van der Waals surface area contributed by atoms with Crippen molar-refractivity contribution in [3.05, 3.63) is 50.5 Å². The van der Waals surface area contributed by atoms with E-state index in [1.54, 1.807) is 13.0 Å². The molecule has 1 aromatic carbocycles. The molecule has 0 amide bonds. The number of benzene rings is 1. The zero-order chi connectivity index (χ0) is 14.0. The van der Waals surface area contributed by atoms with Gasteiger partial charge in [0.25, 0.3) is 0 Å². The minimum atomic E-state index is -1.04. The van der Waals surface area contributed by atoms with Gasteiger partial charge in [0, 0.05) is 21.4 Å². The lowest BCUT2D eigenvalue weighted by atomic mass is 10.2. The first-order valence-corrected chi connectivity index (χ1v) is 6.88. The molecule has 100 valence electrons. The van der Waals surface area contributed by atoms with Crippen LogP contribution < -0.4 is 5.32 Å². The molecule has 0 saturated heterocycles. The van der Waals surface area contributed by atoms with Gasteiger partial charge in [0.05, 0.1) is 0 Å². The highest BCUT2D eigenvalue weighted by atomic mass is 127. The smallest absolute Gasteiger partial charge is 0.371 e. The molecule has 2 rings (SSSR count). The number of carbonyl (C=O) groups is 1. The summed E-state index contributed by atoms with van der Waals surface area (Å²) in [5.74, 6) is -0.432. The number of furan rings is 1. The van der Waals surface area contributed by atoms with Gasteiger partial charge in [0.15, 0.2) is 0 Å². The average molecular weight is 371 g/mol. The third kappa shape index (κ3) is 3.28. The zero-order valence-electron chi connectivity index (χ0n) is 10.7. The fraction of sp³-hybridized carbons (Fsp3) is 0.214. The van der Waals surface area contributed by atoms with Crippen LogP contribution in [-0.4, -0.2) is 11.1 Å². The number of rotatable bonds is 4. The van der Waals surface area contributed by atoms with Crippen LogP contribution in [0.25, 0.3) is 0 Å². The van der Waals surface area contributed by atoms with E-state index in [-0.39, 0.29) is 5.76 Å². The predicted octanol–water partition coefficient (Wildman–Crippen LogP) is 3.81. The fourth-order valence-electron chi connectivity index (χ4n) is 1.70. The summed E-state index contributed by atoms with van der Waals surface area (Å²) >= 11 is 2.29. The number of carboxylic acid groups (broad SMARTS) is 1. The topological polar surface area (TPSA) is 62.5 Å². The summed E-state index contributed by atoms with van der Waals surface area (Å²) in [5, 5.41) is 12.1. The maximum absolute atomic E-state index is 10.8. The number of nitrogens with one attached hydrogen (secondary N) is 1. The van der Waals surface area contributed by atoms with E-state index in [2.05, 4.69) is 47.0 Å².